The van der Waals surface area contributed by atoms with Gasteiger partial charge in [-0.3, -0.25) is 14.5 Å². The molecule has 1 saturated heterocycles. The van der Waals surface area contributed by atoms with Crippen molar-refractivity contribution in [3.8, 4) is 11.3 Å². The summed E-state index contributed by atoms with van der Waals surface area (Å²) in [5.74, 6) is -1.49. The molecule has 1 atom stereocenters. The molecule has 188 valence electrons. The van der Waals surface area contributed by atoms with E-state index in [1.165, 1.54) is 6.20 Å². The monoisotopic (exact) mass is 498 g/mol. The molecule has 0 radical (unpaired) electrons. The van der Waals surface area contributed by atoms with Gasteiger partial charge >= 0.3 is 5.97 Å². The van der Waals surface area contributed by atoms with E-state index in [9.17, 15) is 9.59 Å². The summed E-state index contributed by atoms with van der Waals surface area (Å²) in [4.78, 5) is 38.8. The quantitative estimate of drug-likeness (QED) is 0.327. The number of hydrogen-bond acceptors (Lipinski definition) is 9. The lowest BCUT2D eigenvalue weighted by molar-refractivity contribution is -0.125. The number of esters is 1. The van der Waals surface area contributed by atoms with Gasteiger partial charge in [-0.1, -0.05) is 30.3 Å². The second kappa shape index (κ2) is 11.0. The van der Waals surface area contributed by atoms with Crippen LogP contribution in [0.5, 0.6) is 0 Å². The van der Waals surface area contributed by atoms with Crippen LogP contribution in [0.15, 0.2) is 73.4 Å². The Hall–Kier alpha value is -4.64. The molecule has 0 unspecified atom stereocenters. The Kier molecular flexibility index (Phi) is 7.13. The third-order valence-corrected chi connectivity index (χ3v) is 6.09. The third-order valence-electron chi connectivity index (χ3n) is 6.09. The number of nitrogens with two attached hydrogens (primary N) is 1. The molecule has 4 heterocycles. The maximum absolute atomic E-state index is 13.2. The number of nitrogens with one attached hydrogen (secondary N) is 2. The molecule has 1 aliphatic rings. The molecule has 1 aliphatic heterocycles. The highest BCUT2D eigenvalue weighted by molar-refractivity contribution is 5.99. The number of nitrogens with zero attached hydrogens (tertiary/aromatic N) is 5. The van der Waals surface area contributed by atoms with Gasteiger partial charge in [0.2, 0.25) is 6.10 Å². The lowest BCUT2D eigenvalue weighted by atomic mass is 10.1. The summed E-state index contributed by atoms with van der Waals surface area (Å²) in [7, 11) is 0. The van der Waals surface area contributed by atoms with Gasteiger partial charge in [0.05, 0.1) is 24.1 Å². The van der Waals surface area contributed by atoms with Crippen LogP contribution in [0.4, 0.5) is 11.5 Å². The number of aromatic nitrogens is 5. The fourth-order valence-electron chi connectivity index (χ4n) is 4.14. The second-order valence-corrected chi connectivity index (χ2v) is 8.60. The van der Waals surface area contributed by atoms with Gasteiger partial charge in [-0.2, -0.15) is 5.10 Å². The number of carbonyl (C=O) groups excluding carboxylic acids is 2. The Balaban J connectivity index is 1.38. The number of nitrogen functional groups attached to an aromatic ring is 1. The minimum absolute atomic E-state index is 0.0964. The fraction of sp³-hybridized carbons (Fsp3) is 0.231. The normalized spacial score (nSPS) is 14.6. The van der Waals surface area contributed by atoms with Gasteiger partial charge in [0.15, 0.2) is 11.5 Å². The summed E-state index contributed by atoms with van der Waals surface area (Å²) >= 11 is 0. The highest BCUT2D eigenvalue weighted by atomic mass is 16.5. The number of rotatable bonds is 7. The molecule has 0 spiro atoms. The first kappa shape index (κ1) is 24.1. The van der Waals surface area contributed by atoms with Crippen LogP contribution in [-0.4, -0.2) is 49.7 Å². The zero-order chi connectivity index (χ0) is 25.6. The van der Waals surface area contributed by atoms with Crippen molar-refractivity contribution in [1.29, 1.82) is 0 Å². The summed E-state index contributed by atoms with van der Waals surface area (Å²) < 4.78 is 7.57. The van der Waals surface area contributed by atoms with Crippen molar-refractivity contribution in [2.75, 3.05) is 24.1 Å². The van der Waals surface area contributed by atoms with Crippen LogP contribution in [0.2, 0.25) is 0 Å². The summed E-state index contributed by atoms with van der Waals surface area (Å²) in [6.45, 7) is 1.88. The molecular formula is C26H26N8O3. The van der Waals surface area contributed by atoms with E-state index >= 15 is 0 Å². The van der Waals surface area contributed by atoms with Crippen molar-refractivity contribution in [3.05, 3.63) is 84.7 Å². The Labute approximate surface area is 213 Å². The van der Waals surface area contributed by atoms with E-state index < -0.39 is 18.0 Å². The zero-order valence-electron chi connectivity index (χ0n) is 19.9. The molecule has 11 nitrogen and oxygen atoms in total. The number of amides is 1. The molecule has 0 aliphatic carbocycles. The van der Waals surface area contributed by atoms with Crippen molar-refractivity contribution in [2.24, 2.45) is 0 Å². The van der Waals surface area contributed by atoms with E-state index in [0.717, 1.165) is 25.9 Å². The van der Waals surface area contributed by atoms with Crippen molar-refractivity contribution in [3.63, 3.8) is 0 Å². The van der Waals surface area contributed by atoms with E-state index in [1.54, 1.807) is 61.1 Å². The highest BCUT2D eigenvalue weighted by Gasteiger charge is 2.28. The van der Waals surface area contributed by atoms with Crippen LogP contribution >= 0.6 is 0 Å². The predicted octanol–water partition coefficient (Wildman–Crippen LogP) is 2.78. The highest BCUT2D eigenvalue weighted by Crippen LogP contribution is 2.25. The Bertz CT molecular complexity index is 1370. The van der Waals surface area contributed by atoms with E-state index in [0.29, 0.717) is 28.6 Å². The molecule has 5 rings (SSSR count). The molecule has 0 saturated carbocycles. The smallest absolute Gasteiger partial charge is 0.361 e. The maximum Gasteiger partial charge on any atom is 0.361 e. The number of anilines is 2. The van der Waals surface area contributed by atoms with Crippen molar-refractivity contribution in [2.45, 2.75) is 25.0 Å². The summed E-state index contributed by atoms with van der Waals surface area (Å²) in [6.07, 6.45) is 8.88. The van der Waals surface area contributed by atoms with Gasteiger partial charge in [-0.05, 0) is 38.1 Å². The topological polar surface area (TPSA) is 150 Å². The van der Waals surface area contributed by atoms with Gasteiger partial charge in [0, 0.05) is 35.4 Å². The van der Waals surface area contributed by atoms with Crippen molar-refractivity contribution >= 4 is 23.4 Å². The van der Waals surface area contributed by atoms with Crippen LogP contribution in [0.25, 0.3) is 11.3 Å². The zero-order valence-corrected chi connectivity index (χ0v) is 19.9. The summed E-state index contributed by atoms with van der Waals surface area (Å²) in [5.41, 5.74) is 7.96. The summed E-state index contributed by atoms with van der Waals surface area (Å²) in [5, 5.41) is 10.6. The van der Waals surface area contributed by atoms with Crippen LogP contribution in [0, 0.1) is 0 Å². The van der Waals surface area contributed by atoms with Crippen LogP contribution in [-0.2, 0) is 9.53 Å². The molecule has 1 amide bonds. The van der Waals surface area contributed by atoms with E-state index in [2.05, 4.69) is 30.7 Å². The molecule has 0 bridgehead atoms. The van der Waals surface area contributed by atoms with Gasteiger partial charge in [0.25, 0.3) is 5.91 Å². The predicted molar refractivity (Wildman–Crippen MR) is 136 cm³/mol. The molecule has 3 aromatic heterocycles. The van der Waals surface area contributed by atoms with Crippen molar-refractivity contribution < 1.29 is 14.3 Å². The van der Waals surface area contributed by atoms with Crippen LogP contribution < -0.4 is 16.4 Å². The third kappa shape index (κ3) is 5.62. The van der Waals surface area contributed by atoms with Crippen LogP contribution in [0.1, 0.15) is 41.0 Å². The number of hydrogen-bond donors (Lipinski definition) is 3. The van der Waals surface area contributed by atoms with Gasteiger partial charge in [-0.15, -0.1) is 0 Å². The standard InChI is InChI=1S/C26H26N8O3/c27-24-22(33-21(15-30-24)18-14-31-34(16-18)20-8-12-29-13-9-20)26(36)37-23(17-4-2-1-3-5-17)25(35)32-19-6-10-28-11-7-19/h1-7,10-11,14-16,20,23,29H,8-9,12-13H2,(H2,27,30)(H,28,32,35)/t23-/m1/s1. The lowest BCUT2D eigenvalue weighted by Crippen LogP contribution is -2.29. The Morgan fingerprint density at radius 2 is 1.84 bits per heavy atom. The molecule has 4 N–H and O–H groups in total. The minimum Gasteiger partial charge on any atom is -0.442 e. The minimum atomic E-state index is -1.24. The molecular weight excluding hydrogens is 472 g/mol. The number of ether oxygens (including phenoxy) is 1. The number of benzene rings is 1. The fourth-order valence-corrected chi connectivity index (χ4v) is 4.14. The number of piperidine rings is 1. The van der Waals surface area contributed by atoms with E-state index in [1.807, 2.05) is 10.9 Å². The number of pyridine rings is 1. The average Bonchev–Trinajstić information content (AvgIpc) is 3.44. The van der Waals surface area contributed by atoms with E-state index in [4.69, 9.17) is 10.5 Å². The van der Waals surface area contributed by atoms with E-state index in [-0.39, 0.29) is 11.5 Å². The van der Waals surface area contributed by atoms with Gasteiger partial charge < -0.3 is 21.1 Å². The molecule has 11 heteroatoms. The van der Waals surface area contributed by atoms with Gasteiger partial charge in [-0.25, -0.2) is 14.8 Å². The molecule has 1 aromatic carbocycles. The van der Waals surface area contributed by atoms with Crippen molar-refractivity contribution in [1.82, 2.24) is 30.0 Å². The first-order valence-corrected chi connectivity index (χ1v) is 11.9. The number of carbonyl (C=O) groups is 2. The Morgan fingerprint density at radius 3 is 2.59 bits per heavy atom. The second-order valence-electron chi connectivity index (χ2n) is 8.60. The molecule has 1 fully saturated rings. The molecule has 4 aromatic rings. The first-order chi connectivity index (χ1) is 18.1. The SMILES string of the molecule is Nc1ncc(-c2cnn(C3CCNCC3)c2)nc1C(=O)O[C@@H](C(=O)Nc1ccncc1)c1ccccc1. The Morgan fingerprint density at radius 1 is 1.08 bits per heavy atom. The average molecular weight is 499 g/mol. The molecule has 37 heavy (non-hydrogen) atoms. The van der Waals surface area contributed by atoms with Crippen LogP contribution in [0.3, 0.4) is 0 Å². The lowest BCUT2D eigenvalue weighted by Gasteiger charge is -2.22. The first-order valence-electron chi connectivity index (χ1n) is 11.9. The summed E-state index contributed by atoms with van der Waals surface area (Å²) in [6, 6.07) is 12.3. The van der Waals surface area contributed by atoms with Gasteiger partial charge in [0.1, 0.15) is 0 Å². The largest absolute Gasteiger partial charge is 0.442 e. The maximum atomic E-state index is 13.2.